The van der Waals surface area contributed by atoms with Crippen LogP contribution in [-0.2, 0) is 9.47 Å². The molecule has 5 nitrogen and oxygen atoms in total. The first kappa shape index (κ1) is 15.1. The van der Waals surface area contributed by atoms with Gasteiger partial charge in [-0.3, -0.25) is 4.90 Å². The fourth-order valence-corrected chi connectivity index (χ4v) is 2.58. The summed E-state index contributed by atoms with van der Waals surface area (Å²) in [6.45, 7) is 6.87. The van der Waals surface area contributed by atoms with Gasteiger partial charge in [-0.05, 0) is 38.4 Å². The van der Waals surface area contributed by atoms with Gasteiger partial charge in [0.1, 0.15) is 5.76 Å². The number of likely N-dealkylation sites (N-methyl/N-ethyl adjacent to an activating group) is 1. The standard InChI is InChI=1S/C15H23NO4/c1-4-16(10-12-6-5-9-19-12)11(2)13-7-8-14(20-13)15(17)18-3/h7-8,11-12H,4-6,9-10H2,1-3H3. The van der Waals surface area contributed by atoms with E-state index in [0.717, 1.165) is 38.3 Å². The number of hydrogen-bond acceptors (Lipinski definition) is 5. The molecular weight excluding hydrogens is 258 g/mol. The van der Waals surface area contributed by atoms with Crippen LogP contribution in [0.3, 0.4) is 0 Å². The molecule has 0 saturated carbocycles. The van der Waals surface area contributed by atoms with Gasteiger partial charge in [0.15, 0.2) is 0 Å². The van der Waals surface area contributed by atoms with Crippen molar-refractivity contribution in [3.63, 3.8) is 0 Å². The number of esters is 1. The van der Waals surface area contributed by atoms with E-state index in [1.54, 1.807) is 6.07 Å². The Morgan fingerprint density at radius 2 is 2.35 bits per heavy atom. The van der Waals surface area contributed by atoms with Gasteiger partial charge >= 0.3 is 5.97 Å². The second kappa shape index (κ2) is 6.90. The maximum Gasteiger partial charge on any atom is 0.373 e. The van der Waals surface area contributed by atoms with E-state index in [9.17, 15) is 4.79 Å². The molecule has 2 heterocycles. The van der Waals surface area contributed by atoms with Gasteiger partial charge in [-0.25, -0.2) is 4.79 Å². The van der Waals surface area contributed by atoms with Crippen LogP contribution in [0.5, 0.6) is 0 Å². The van der Waals surface area contributed by atoms with Crippen LogP contribution < -0.4 is 0 Å². The van der Waals surface area contributed by atoms with Gasteiger partial charge in [0.25, 0.3) is 0 Å². The molecule has 0 aromatic carbocycles. The van der Waals surface area contributed by atoms with Crippen LogP contribution in [0.4, 0.5) is 0 Å². The molecule has 0 radical (unpaired) electrons. The van der Waals surface area contributed by atoms with Gasteiger partial charge < -0.3 is 13.9 Å². The Kier molecular flexibility index (Phi) is 5.20. The van der Waals surface area contributed by atoms with Gasteiger partial charge in [-0.1, -0.05) is 6.92 Å². The summed E-state index contributed by atoms with van der Waals surface area (Å²) in [7, 11) is 1.35. The zero-order valence-electron chi connectivity index (χ0n) is 12.4. The molecule has 1 aliphatic rings. The smallest absolute Gasteiger partial charge is 0.373 e. The minimum absolute atomic E-state index is 0.114. The number of ether oxygens (including phenoxy) is 2. The summed E-state index contributed by atoms with van der Waals surface area (Å²) >= 11 is 0. The van der Waals surface area contributed by atoms with Crippen LogP contribution in [0.25, 0.3) is 0 Å². The van der Waals surface area contributed by atoms with Crippen LogP contribution >= 0.6 is 0 Å². The predicted octanol–water partition coefficient (Wildman–Crippen LogP) is 2.63. The van der Waals surface area contributed by atoms with Crippen molar-refractivity contribution in [2.24, 2.45) is 0 Å². The second-order valence-electron chi connectivity index (χ2n) is 5.09. The summed E-state index contributed by atoms with van der Waals surface area (Å²) in [5.74, 6) is 0.596. The summed E-state index contributed by atoms with van der Waals surface area (Å²) in [5.41, 5.74) is 0. The topological polar surface area (TPSA) is 51.9 Å². The molecule has 0 amide bonds. The lowest BCUT2D eigenvalue weighted by Gasteiger charge is -2.28. The zero-order chi connectivity index (χ0) is 14.5. The largest absolute Gasteiger partial charge is 0.463 e. The van der Waals surface area contributed by atoms with E-state index in [-0.39, 0.29) is 11.8 Å². The second-order valence-corrected chi connectivity index (χ2v) is 5.09. The van der Waals surface area contributed by atoms with Crippen molar-refractivity contribution in [3.05, 3.63) is 23.7 Å². The van der Waals surface area contributed by atoms with Gasteiger partial charge in [0, 0.05) is 13.2 Å². The molecule has 112 valence electrons. The minimum Gasteiger partial charge on any atom is -0.463 e. The summed E-state index contributed by atoms with van der Waals surface area (Å²) in [6.07, 6.45) is 2.57. The lowest BCUT2D eigenvalue weighted by Crippen LogP contribution is -2.34. The molecule has 1 fully saturated rings. The van der Waals surface area contributed by atoms with E-state index in [0.29, 0.717) is 6.10 Å². The summed E-state index contributed by atoms with van der Waals surface area (Å²) in [5, 5.41) is 0. The van der Waals surface area contributed by atoms with E-state index in [4.69, 9.17) is 9.15 Å². The quantitative estimate of drug-likeness (QED) is 0.750. The number of nitrogens with zero attached hydrogens (tertiary/aromatic N) is 1. The molecule has 1 saturated heterocycles. The Labute approximate surface area is 119 Å². The van der Waals surface area contributed by atoms with Crippen LogP contribution in [0.15, 0.2) is 16.5 Å². The highest BCUT2D eigenvalue weighted by molar-refractivity contribution is 5.86. The zero-order valence-corrected chi connectivity index (χ0v) is 12.4. The molecule has 1 aliphatic heterocycles. The van der Waals surface area contributed by atoms with Crippen LogP contribution in [0.2, 0.25) is 0 Å². The highest BCUT2D eigenvalue weighted by atomic mass is 16.5. The van der Waals surface area contributed by atoms with Gasteiger partial charge in [0.2, 0.25) is 5.76 Å². The first-order valence-electron chi connectivity index (χ1n) is 7.19. The minimum atomic E-state index is -0.439. The fourth-order valence-electron chi connectivity index (χ4n) is 2.58. The van der Waals surface area contributed by atoms with Crippen molar-refractivity contribution >= 4 is 5.97 Å². The molecule has 0 spiro atoms. The number of carbonyl (C=O) groups excluding carboxylic acids is 1. The fraction of sp³-hybridized carbons (Fsp3) is 0.667. The molecule has 0 bridgehead atoms. The number of furan rings is 1. The Morgan fingerprint density at radius 3 is 2.95 bits per heavy atom. The van der Waals surface area contributed by atoms with Gasteiger partial charge in [0.05, 0.1) is 19.3 Å². The Hall–Kier alpha value is -1.33. The van der Waals surface area contributed by atoms with Crippen molar-refractivity contribution in [1.29, 1.82) is 0 Å². The third kappa shape index (κ3) is 3.41. The number of rotatable bonds is 6. The van der Waals surface area contributed by atoms with Crippen LogP contribution in [-0.4, -0.2) is 43.8 Å². The summed E-state index contributed by atoms with van der Waals surface area (Å²) < 4.78 is 15.9. The number of methoxy groups -OCH3 is 1. The molecule has 5 heteroatoms. The molecule has 2 unspecified atom stereocenters. The lowest BCUT2D eigenvalue weighted by atomic mass is 10.1. The van der Waals surface area contributed by atoms with E-state index >= 15 is 0 Å². The van der Waals surface area contributed by atoms with Crippen molar-refractivity contribution in [2.75, 3.05) is 26.8 Å². The van der Waals surface area contributed by atoms with Crippen LogP contribution in [0, 0.1) is 0 Å². The molecule has 20 heavy (non-hydrogen) atoms. The maximum absolute atomic E-state index is 11.4. The molecule has 1 aromatic heterocycles. The molecular formula is C15H23NO4. The lowest BCUT2D eigenvalue weighted by molar-refractivity contribution is 0.0523. The normalized spacial score (nSPS) is 20.3. The molecule has 1 aromatic rings. The number of hydrogen-bond donors (Lipinski definition) is 0. The SMILES string of the molecule is CCN(CC1CCCO1)C(C)c1ccc(C(=O)OC)o1. The summed E-state index contributed by atoms with van der Waals surface area (Å²) in [6, 6.07) is 3.62. The van der Waals surface area contributed by atoms with E-state index < -0.39 is 5.97 Å². The first-order chi connectivity index (χ1) is 9.65. The molecule has 0 aliphatic carbocycles. The Bertz CT molecular complexity index is 437. The third-order valence-electron chi connectivity index (χ3n) is 3.84. The summed E-state index contributed by atoms with van der Waals surface area (Å²) in [4.78, 5) is 13.7. The maximum atomic E-state index is 11.4. The average molecular weight is 281 g/mol. The third-order valence-corrected chi connectivity index (χ3v) is 3.84. The highest BCUT2D eigenvalue weighted by Crippen LogP contribution is 2.24. The van der Waals surface area contributed by atoms with E-state index in [1.165, 1.54) is 7.11 Å². The number of carbonyl (C=O) groups is 1. The van der Waals surface area contributed by atoms with Gasteiger partial charge in [-0.15, -0.1) is 0 Å². The van der Waals surface area contributed by atoms with Crippen molar-refractivity contribution in [2.45, 2.75) is 38.8 Å². The van der Waals surface area contributed by atoms with E-state index in [2.05, 4.69) is 23.5 Å². The predicted molar refractivity (Wildman–Crippen MR) is 74.7 cm³/mol. The van der Waals surface area contributed by atoms with Crippen LogP contribution in [0.1, 0.15) is 49.0 Å². The molecule has 2 atom stereocenters. The molecule has 0 N–H and O–H groups in total. The first-order valence-corrected chi connectivity index (χ1v) is 7.19. The van der Waals surface area contributed by atoms with Gasteiger partial charge in [-0.2, -0.15) is 0 Å². The van der Waals surface area contributed by atoms with Crippen molar-refractivity contribution in [1.82, 2.24) is 4.90 Å². The Morgan fingerprint density at radius 1 is 1.55 bits per heavy atom. The average Bonchev–Trinajstić information content (AvgIpc) is 3.14. The van der Waals surface area contributed by atoms with Crippen molar-refractivity contribution in [3.8, 4) is 0 Å². The Balaban J connectivity index is 2.01. The highest BCUT2D eigenvalue weighted by Gasteiger charge is 2.24. The van der Waals surface area contributed by atoms with Crippen molar-refractivity contribution < 1.29 is 18.7 Å². The monoisotopic (exact) mass is 281 g/mol. The van der Waals surface area contributed by atoms with E-state index in [1.807, 2.05) is 6.07 Å². The molecule has 2 rings (SSSR count).